The quantitative estimate of drug-likeness (QED) is 0.894. The van der Waals surface area contributed by atoms with Crippen LogP contribution in [0.2, 0.25) is 0 Å². The fourth-order valence-electron chi connectivity index (χ4n) is 2.28. The van der Waals surface area contributed by atoms with Crippen LogP contribution in [0.1, 0.15) is 18.5 Å². The van der Waals surface area contributed by atoms with Gasteiger partial charge in [0.15, 0.2) is 11.5 Å². The third-order valence-electron chi connectivity index (χ3n) is 3.13. The van der Waals surface area contributed by atoms with E-state index in [1.807, 2.05) is 19.1 Å². The zero-order valence-electron chi connectivity index (χ0n) is 11.2. The number of nitrogens with two attached hydrogens (primary N) is 1. The Kier molecular flexibility index (Phi) is 3.59. The number of hydrogen-bond donors (Lipinski definition) is 1. The Morgan fingerprint density at radius 1 is 1.37 bits per heavy atom. The maximum atomic E-state index is 11.7. The summed E-state index contributed by atoms with van der Waals surface area (Å²) in [7, 11) is 3.12. The number of ether oxygens (including phenoxy) is 2. The van der Waals surface area contributed by atoms with E-state index in [1.54, 1.807) is 25.2 Å². The summed E-state index contributed by atoms with van der Waals surface area (Å²) in [6.45, 7) is 2.40. The number of benzene rings is 1. The molecule has 1 aromatic carbocycles. The summed E-state index contributed by atoms with van der Waals surface area (Å²) in [5, 5.41) is 0. The molecule has 2 amide bonds. The van der Waals surface area contributed by atoms with Gasteiger partial charge in [-0.2, -0.15) is 4.99 Å². The van der Waals surface area contributed by atoms with E-state index in [0.717, 1.165) is 5.56 Å². The van der Waals surface area contributed by atoms with E-state index in [-0.39, 0.29) is 11.9 Å². The molecule has 0 saturated heterocycles. The summed E-state index contributed by atoms with van der Waals surface area (Å²) in [4.78, 5) is 17.1. The SMILES string of the molecule is CCN1C(=O)N=C(N)C1c1cccc(OC)c1OC. The van der Waals surface area contributed by atoms with Crippen LogP contribution in [0, 0.1) is 0 Å². The van der Waals surface area contributed by atoms with Crippen molar-refractivity contribution < 1.29 is 14.3 Å². The van der Waals surface area contributed by atoms with Crippen molar-refractivity contribution in [3.8, 4) is 11.5 Å². The number of para-hydroxylation sites is 1. The fourth-order valence-corrected chi connectivity index (χ4v) is 2.28. The third-order valence-corrected chi connectivity index (χ3v) is 3.13. The minimum Gasteiger partial charge on any atom is -0.493 e. The number of aliphatic imine (C=N–C) groups is 1. The maximum Gasteiger partial charge on any atom is 0.346 e. The second kappa shape index (κ2) is 5.17. The largest absolute Gasteiger partial charge is 0.493 e. The van der Waals surface area contributed by atoms with Crippen LogP contribution < -0.4 is 15.2 Å². The fraction of sp³-hybridized carbons (Fsp3) is 0.385. The lowest BCUT2D eigenvalue weighted by molar-refractivity contribution is 0.209. The van der Waals surface area contributed by atoms with Gasteiger partial charge in [-0.05, 0) is 13.0 Å². The Bertz CT molecular complexity index is 528. The number of amidine groups is 1. The first-order chi connectivity index (χ1) is 9.13. The van der Waals surface area contributed by atoms with Gasteiger partial charge in [0.2, 0.25) is 0 Å². The average Bonchev–Trinajstić information content (AvgIpc) is 2.71. The number of amides is 2. The van der Waals surface area contributed by atoms with Crippen molar-refractivity contribution in [1.29, 1.82) is 0 Å². The van der Waals surface area contributed by atoms with Crippen LogP contribution in [-0.2, 0) is 0 Å². The molecule has 6 heteroatoms. The average molecular weight is 263 g/mol. The van der Waals surface area contributed by atoms with Crippen LogP contribution in [0.4, 0.5) is 4.79 Å². The number of urea groups is 1. The first-order valence-corrected chi connectivity index (χ1v) is 5.99. The van der Waals surface area contributed by atoms with Crippen LogP contribution in [0.25, 0.3) is 0 Å². The molecule has 2 N–H and O–H groups in total. The maximum absolute atomic E-state index is 11.7. The van der Waals surface area contributed by atoms with E-state index in [0.29, 0.717) is 18.0 Å². The highest BCUT2D eigenvalue weighted by atomic mass is 16.5. The van der Waals surface area contributed by atoms with Gasteiger partial charge in [-0.15, -0.1) is 0 Å². The van der Waals surface area contributed by atoms with Gasteiger partial charge in [0.05, 0.1) is 14.2 Å². The highest BCUT2D eigenvalue weighted by Gasteiger charge is 2.35. The van der Waals surface area contributed by atoms with Gasteiger partial charge in [0.25, 0.3) is 0 Å². The van der Waals surface area contributed by atoms with Crippen molar-refractivity contribution >= 4 is 11.9 Å². The summed E-state index contributed by atoms with van der Waals surface area (Å²) in [6.07, 6.45) is 0. The predicted octanol–water partition coefficient (Wildman–Crippen LogP) is 1.56. The molecule has 0 spiro atoms. The predicted molar refractivity (Wildman–Crippen MR) is 71.7 cm³/mol. The molecule has 0 aliphatic carbocycles. The van der Waals surface area contributed by atoms with Crippen molar-refractivity contribution in [1.82, 2.24) is 4.90 Å². The second-order valence-corrected chi connectivity index (χ2v) is 4.09. The summed E-state index contributed by atoms with van der Waals surface area (Å²) >= 11 is 0. The molecule has 1 atom stereocenters. The van der Waals surface area contributed by atoms with Crippen molar-refractivity contribution in [3.05, 3.63) is 23.8 Å². The highest BCUT2D eigenvalue weighted by molar-refractivity contribution is 6.03. The number of carbonyl (C=O) groups excluding carboxylic acids is 1. The Labute approximate surface area is 111 Å². The molecule has 0 fully saturated rings. The smallest absolute Gasteiger partial charge is 0.346 e. The van der Waals surface area contributed by atoms with Crippen molar-refractivity contribution in [2.24, 2.45) is 10.7 Å². The molecule has 0 saturated carbocycles. The van der Waals surface area contributed by atoms with E-state index < -0.39 is 6.04 Å². The minimum absolute atomic E-state index is 0.276. The van der Waals surface area contributed by atoms with Gasteiger partial charge in [-0.25, -0.2) is 4.79 Å². The zero-order chi connectivity index (χ0) is 14.0. The molecule has 102 valence electrons. The van der Waals surface area contributed by atoms with E-state index in [9.17, 15) is 4.79 Å². The molecular weight excluding hydrogens is 246 g/mol. The highest BCUT2D eigenvalue weighted by Crippen LogP contribution is 2.38. The van der Waals surface area contributed by atoms with Gasteiger partial charge in [0.1, 0.15) is 11.9 Å². The molecule has 0 radical (unpaired) electrons. The van der Waals surface area contributed by atoms with Gasteiger partial charge in [0, 0.05) is 12.1 Å². The molecule has 2 rings (SSSR count). The van der Waals surface area contributed by atoms with Gasteiger partial charge in [-0.1, -0.05) is 12.1 Å². The molecule has 0 aromatic heterocycles. The first kappa shape index (κ1) is 13.2. The van der Waals surface area contributed by atoms with Crippen LogP contribution >= 0.6 is 0 Å². The molecule has 1 heterocycles. The molecular formula is C13H17N3O3. The molecule has 6 nitrogen and oxygen atoms in total. The van der Waals surface area contributed by atoms with Gasteiger partial charge < -0.3 is 20.1 Å². The number of rotatable bonds is 4. The molecule has 19 heavy (non-hydrogen) atoms. The first-order valence-electron chi connectivity index (χ1n) is 5.99. The van der Waals surface area contributed by atoms with E-state index in [2.05, 4.69) is 4.99 Å². The van der Waals surface area contributed by atoms with Crippen molar-refractivity contribution in [2.45, 2.75) is 13.0 Å². The van der Waals surface area contributed by atoms with Crippen molar-refractivity contribution in [3.63, 3.8) is 0 Å². The Hall–Kier alpha value is -2.24. The van der Waals surface area contributed by atoms with Crippen molar-refractivity contribution in [2.75, 3.05) is 20.8 Å². The lowest BCUT2D eigenvalue weighted by Gasteiger charge is -2.25. The van der Waals surface area contributed by atoms with Crippen LogP contribution in [0.15, 0.2) is 23.2 Å². The number of nitrogens with zero attached hydrogens (tertiary/aromatic N) is 2. The van der Waals surface area contributed by atoms with E-state index in [1.165, 1.54) is 0 Å². The zero-order valence-corrected chi connectivity index (χ0v) is 11.2. The molecule has 1 aliphatic heterocycles. The van der Waals surface area contributed by atoms with Crippen LogP contribution in [0.5, 0.6) is 11.5 Å². The Morgan fingerprint density at radius 2 is 2.11 bits per heavy atom. The van der Waals surface area contributed by atoms with E-state index in [4.69, 9.17) is 15.2 Å². The Morgan fingerprint density at radius 3 is 2.68 bits per heavy atom. The second-order valence-electron chi connectivity index (χ2n) is 4.09. The lowest BCUT2D eigenvalue weighted by Crippen LogP contribution is -2.33. The summed E-state index contributed by atoms with van der Waals surface area (Å²) in [5.74, 6) is 1.45. The minimum atomic E-state index is -0.400. The van der Waals surface area contributed by atoms with E-state index >= 15 is 0 Å². The van der Waals surface area contributed by atoms with Gasteiger partial charge >= 0.3 is 6.03 Å². The molecule has 0 bridgehead atoms. The molecule has 1 unspecified atom stereocenters. The topological polar surface area (TPSA) is 77.2 Å². The number of hydrogen-bond acceptors (Lipinski definition) is 4. The number of likely N-dealkylation sites (N-methyl/N-ethyl adjacent to an activating group) is 1. The monoisotopic (exact) mass is 263 g/mol. The third kappa shape index (κ3) is 2.09. The summed E-state index contributed by atoms with van der Waals surface area (Å²) < 4.78 is 10.6. The lowest BCUT2D eigenvalue weighted by atomic mass is 10.0. The molecule has 1 aliphatic rings. The Balaban J connectivity index is 2.52. The normalized spacial score (nSPS) is 18.5. The molecule has 1 aromatic rings. The number of carbonyl (C=O) groups is 1. The van der Waals surface area contributed by atoms with Gasteiger partial charge in [-0.3, -0.25) is 0 Å². The van der Waals surface area contributed by atoms with Crippen LogP contribution in [0.3, 0.4) is 0 Å². The van der Waals surface area contributed by atoms with Crippen LogP contribution in [-0.4, -0.2) is 37.5 Å². The standard InChI is InChI=1S/C13H17N3O3/c1-4-16-10(12(14)15-13(16)17)8-6-5-7-9(18-2)11(8)19-3/h5-7,10H,4H2,1-3H3,(H2,14,15,17). The summed E-state index contributed by atoms with van der Waals surface area (Å²) in [6, 6.07) is 4.76. The number of methoxy groups -OCH3 is 2. The summed E-state index contributed by atoms with van der Waals surface area (Å²) in [5.41, 5.74) is 6.65.